The molecule has 0 saturated carbocycles. The van der Waals surface area contributed by atoms with E-state index in [0.717, 1.165) is 25.1 Å². The van der Waals surface area contributed by atoms with Gasteiger partial charge < -0.3 is 5.32 Å². The van der Waals surface area contributed by atoms with Crippen molar-refractivity contribution in [2.75, 3.05) is 5.32 Å². The predicted molar refractivity (Wildman–Crippen MR) is 61.9 cm³/mol. The fourth-order valence-electron chi connectivity index (χ4n) is 1.47. The number of amides is 1. The Morgan fingerprint density at radius 3 is 2.56 bits per heavy atom. The first-order valence-corrected chi connectivity index (χ1v) is 5.68. The molecule has 1 atom stereocenters. The van der Waals surface area contributed by atoms with Gasteiger partial charge in [-0.2, -0.15) is 13.2 Å². The van der Waals surface area contributed by atoms with Crippen LogP contribution >= 0.6 is 0 Å². The van der Waals surface area contributed by atoms with E-state index in [9.17, 15) is 18.0 Å². The van der Waals surface area contributed by atoms with Crippen LogP contribution < -0.4 is 5.32 Å². The molecule has 0 aliphatic carbocycles. The van der Waals surface area contributed by atoms with Crippen LogP contribution in [0.3, 0.4) is 0 Å². The van der Waals surface area contributed by atoms with Crippen molar-refractivity contribution in [1.29, 1.82) is 0 Å². The van der Waals surface area contributed by atoms with Crippen LogP contribution in [0, 0.1) is 5.92 Å². The van der Waals surface area contributed by atoms with Crippen molar-refractivity contribution in [3.63, 3.8) is 0 Å². The van der Waals surface area contributed by atoms with Crippen LogP contribution in [0.2, 0.25) is 0 Å². The fraction of sp³-hybridized carbons (Fsp3) is 0.500. The van der Waals surface area contributed by atoms with Crippen molar-refractivity contribution in [3.05, 3.63) is 24.0 Å². The van der Waals surface area contributed by atoms with Crippen LogP contribution in [-0.4, -0.2) is 10.9 Å². The molecule has 1 amide bonds. The van der Waals surface area contributed by atoms with Crippen molar-refractivity contribution < 1.29 is 18.0 Å². The molecule has 6 heteroatoms. The lowest BCUT2D eigenvalue weighted by molar-refractivity contribution is -0.141. The maximum Gasteiger partial charge on any atom is 0.433 e. The Morgan fingerprint density at radius 1 is 1.44 bits per heavy atom. The second-order valence-corrected chi connectivity index (χ2v) is 4.11. The molecule has 0 radical (unpaired) electrons. The zero-order valence-corrected chi connectivity index (χ0v) is 10.2. The van der Waals surface area contributed by atoms with Gasteiger partial charge in [0.25, 0.3) is 0 Å². The number of hydrogen-bond donors (Lipinski definition) is 1. The topological polar surface area (TPSA) is 42.0 Å². The number of hydrogen-bond acceptors (Lipinski definition) is 2. The van der Waals surface area contributed by atoms with Crippen molar-refractivity contribution in [3.8, 4) is 0 Å². The van der Waals surface area contributed by atoms with Crippen LogP contribution in [0.15, 0.2) is 18.3 Å². The van der Waals surface area contributed by atoms with Crippen molar-refractivity contribution in [1.82, 2.24) is 4.98 Å². The summed E-state index contributed by atoms with van der Waals surface area (Å²) < 4.78 is 36.8. The van der Waals surface area contributed by atoms with Crippen LogP contribution in [0.25, 0.3) is 0 Å². The molecule has 1 unspecified atom stereocenters. The Labute approximate surface area is 103 Å². The van der Waals surface area contributed by atoms with Gasteiger partial charge in [-0.3, -0.25) is 4.79 Å². The van der Waals surface area contributed by atoms with Crippen LogP contribution in [0.4, 0.5) is 18.9 Å². The zero-order valence-electron chi connectivity index (χ0n) is 10.2. The van der Waals surface area contributed by atoms with E-state index in [-0.39, 0.29) is 17.5 Å². The third-order valence-electron chi connectivity index (χ3n) is 2.49. The summed E-state index contributed by atoms with van der Waals surface area (Å²) in [4.78, 5) is 14.9. The van der Waals surface area contributed by atoms with Crippen molar-refractivity contribution >= 4 is 11.6 Å². The van der Waals surface area contributed by atoms with Gasteiger partial charge >= 0.3 is 6.18 Å². The highest BCUT2D eigenvalue weighted by Gasteiger charge is 2.32. The molecule has 1 aromatic rings. The summed E-state index contributed by atoms with van der Waals surface area (Å²) in [5, 5.41) is 2.54. The standard InChI is InChI=1S/C12H15F3N2O/c1-3-4-8(2)11(18)17-9-5-6-10(16-7-9)12(13,14)15/h5-8H,3-4H2,1-2H3,(H,17,18). The number of pyridine rings is 1. The highest BCUT2D eigenvalue weighted by atomic mass is 19.4. The quantitative estimate of drug-likeness (QED) is 0.900. The summed E-state index contributed by atoms with van der Waals surface area (Å²) >= 11 is 0. The molecule has 0 fully saturated rings. The van der Waals surface area contributed by atoms with E-state index in [2.05, 4.69) is 10.3 Å². The van der Waals surface area contributed by atoms with Gasteiger partial charge in [0.05, 0.1) is 11.9 Å². The summed E-state index contributed by atoms with van der Waals surface area (Å²) in [5.41, 5.74) is -0.696. The molecule has 100 valence electrons. The molecule has 3 nitrogen and oxygen atoms in total. The largest absolute Gasteiger partial charge is 0.433 e. The van der Waals surface area contributed by atoms with Gasteiger partial charge in [0.2, 0.25) is 5.91 Å². The summed E-state index contributed by atoms with van der Waals surface area (Å²) in [6.45, 7) is 3.74. The maximum absolute atomic E-state index is 12.3. The SMILES string of the molecule is CCCC(C)C(=O)Nc1ccc(C(F)(F)F)nc1. The Balaban J connectivity index is 2.67. The van der Waals surface area contributed by atoms with E-state index in [0.29, 0.717) is 0 Å². The van der Waals surface area contributed by atoms with Gasteiger partial charge in [-0.15, -0.1) is 0 Å². The monoisotopic (exact) mass is 260 g/mol. The summed E-state index contributed by atoms with van der Waals surface area (Å²) in [6.07, 6.45) is -1.84. The lowest BCUT2D eigenvalue weighted by atomic mass is 10.1. The minimum Gasteiger partial charge on any atom is -0.324 e. The number of alkyl halides is 3. The molecule has 0 bridgehead atoms. The molecular formula is C12H15F3N2O. The Kier molecular flexibility index (Phi) is 4.69. The average molecular weight is 260 g/mol. The van der Waals surface area contributed by atoms with E-state index >= 15 is 0 Å². The van der Waals surface area contributed by atoms with Gasteiger partial charge in [0.1, 0.15) is 5.69 Å². The number of nitrogens with one attached hydrogen (secondary N) is 1. The molecule has 1 heterocycles. The molecular weight excluding hydrogens is 245 g/mol. The van der Waals surface area contributed by atoms with Gasteiger partial charge in [-0.05, 0) is 18.6 Å². The van der Waals surface area contributed by atoms with Crippen LogP contribution in [-0.2, 0) is 11.0 Å². The summed E-state index contributed by atoms with van der Waals surface area (Å²) in [7, 11) is 0. The molecule has 0 saturated heterocycles. The molecule has 0 spiro atoms. The lowest BCUT2D eigenvalue weighted by Gasteiger charge is -2.11. The number of carbonyl (C=O) groups excluding carboxylic acids is 1. The summed E-state index contributed by atoms with van der Waals surface area (Å²) in [6, 6.07) is 2.05. The Morgan fingerprint density at radius 2 is 2.11 bits per heavy atom. The van der Waals surface area contributed by atoms with Crippen molar-refractivity contribution in [2.45, 2.75) is 32.9 Å². The van der Waals surface area contributed by atoms with E-state index in [4.69, 9.17) is 0 Å². The van der Waals surface area contributed by atoms with Gasteiger partial charge in [-0.25, -0.2) is 4.98 Å². The number of halogens is 3. The van der Waals surface area contributed by atoms with Crippen LogP contribution in [0.1, 0.15) is 32.4 Å². The average Bonchev–Trinajstić information content (AvgIpc) is 2.28. The number of rotatable bonds is 4. The Hall–Kier alpha value is -1.59. The maximum atomic E-state index is 12.3. The second-order valence-electron chi connectivity index (χ2n) is 4.11. The number of anilines is 1. The highest BCUT2D eigenvalue weighted by Crippen LogP contribution is 2.27. The van der Waals surface area contributed by atoms with Crippen LogP contribution in [0.5, 0.6) is 0 Å². The first-order valence-electron chi connectivity index (χ1n) is 5.68. The number of nitrogens with zero attached hydrogens (tertiary/aromatic N) is 1. The molecule has 0 aliphatic rings. The molecule has 1 aromatic heterocycles. The summed E-state index contributed by atoms with van der Waals surface area (Å²) in [5.74, 6) is -0.379. The molecule has 0 aliphatic heterocycles. The normalized spacial score (nSPS) is 13.2. The zero-order chi connectivity index (χ0) is 13.8. The fourth-order valence-corrected chi connectivity index (χ4v) is 1.47. The van der Waals surface area contributed by atoms with E-state index in [1.165, 1.54) is 6.07 Å². The van der Waals surface area contributed by atoms with Crippen molar-refractivity contribution in [2.24, 2.45) is 5.92 Å². The third kappa shape index (κ3) is 4.01. The van der Waals surface area contributed by atoms with E-state index < -0.39 is 11.9 Å². The smallest absolute Gasteiger partial charge is 0.324 e. The first kappa shape index (κ1) is 14.5. The minimum atomic E-state index is -4.46. The lowest BCUT2D eigenvalue weighted by Crippen LogP contribution is -2.20. The molecule has 1 rings (SSSR count). The van der Waals surface area contributed by atoms with Gasteiger partial charge in [0, 0.05) is 5.92 Å². The molecule has 1 N–H and O–H groups in total. The minimum absolute atomic E-state index is 0.169. The Bertz CT molecular complexity index is 401. The first-order chi connectivity index (χ1) is 8.34. The third-order valence-corrected chi connectivity index (χ3v) is 2.49. The predicted octanol–water partition coefficient (Wildman–Crippen LogP) is 3.48. The second kappa shape index (κ2) is 5.84. The van der Waals surface area contributed by atoms with Gasteiger partial charge in [0.15, 0.2) is 0 Å². The van der Waals surface area contributed by atoms with E-state index in [1.807, 2.05) is 6.92 Å². The highest BCUT2D eigenvalue weighted by molar-refractivity contribution is 5.92. The van der Waals surface area contributed by atoms with Gasteiger partial charge in [-0.1, -0.05) is 20.3 Å². The molecule has 18 heavy (non-hydrogen) atoms. The number of carbonyl (C=O) groups is 1. The number of aromatic nitrogens is 1. The molecule has 0 aromatic carbocycles. The van der Waals surface area contributed by atoms with E-state index in [1.54, 1.807) is 6.92 Å².